The molecule has 1 atom stereocenters. The van der Waals surface area contributed by atoms with Gasteiger partial charge in [0.2, 0.25) is 0 Å². The van der Waals surface area contributed by atoms with Crippen LogP contribution < -0.4 is 10.6 Å². The average Bonchev–Trinajstić information content (AvgIpc) is 3.01. The van der Waals surface area contributed by atoms with E-state index in [0.717, 1.165) is 12.2 Å². The summed E-state index contributed by atoms with van der Waals surface area (Å²) in [7, 11) is 2.00. The molecule has 2 N–H and O–H groups in total. The number of nitrogens with two attached hydrogens (primary N) is 1. The number of halogens is 1. The van der Waals surface area contributed by atoms with Crippen LogP contribution in [0.15, 0.2) is 24.3 Å². The lowest BCUT2D eigenvalue weighted by Gasteiger charge is -2.23. The first kappa shape index (κ1) is 10.4. The number of nitrogens with zero attached hydrogens (tertiary/aromatic N) is 1. The summed E-state index contributed by atoms with van der Waals surface area (Å²) < 4.78 is 12.7. The van der Waals surface area contributed by atoms with Gasteiger partial charge in [-0.25, -0.2) is 4.39 Å². The molecule has 0 bridgehead atoms. The Bertz CT molecular complexity index is 319. The largest absolute Gasteiger partial charge is 0.373 e. The van der Waals surface area contributed by atoms with Crippen LogP contribution in [0.3, 0.4) is 0 Å². The lowest BCUT2D eigenvalue weighted by atomic mass is 10.2. The number of rotatable bonds is 4. The van der Waals surface area contributed by atoms with Gasteiger partial charge in [0, 0.05) is 25.3 Å². The molecule has 1 saturated carbocycles. The molecule has 0 amide bonds. The van der Waals surface area contributed by atoms with E-state index in [4.69, 9.17) is 5.73 Å². The molecule has 1 fully saturated rings. The van der Waals surface area contributed by atoms with Gasteiger partial charge in [-0.1, -0.05) is 0 Å². The van der Waals surface area contributed by atoms with E-state index < -0.39 is 0 Å². The van der Waals surface area contributed by atoms with E-state index in [2.05, 4.69) is 4.90 Å². The molecular weight excluding hydrogens is 191 g/mol. The highest BCUT2D eigenvalue weighted by molar-refractivity contribution is 5.45. The first-order valence-electron chi connectivity index (χ1n) is 5.39. The minimum atomic E-state index is -0.196. The van der Waals surface area contributed by atoms with Crippen molar-refractivity contribution in [2.24, 2.45) is 11.7 Å². The van der Waals surface area contributed by atoms with Crippen molar-refractivity contribution in [2.45, 2.75) is 18.9 Å². The molecule has 1 unspecified atom stereocenters. The maximum Gasteiger partial charge on any atom is 0.123 e. The van der Waals surface area contributed by atoms with Gasteiger partial charge in [-0.3, -0.25) is 0 Å². The summed E-state index contributed by atoms with van der Waals surface area (Å²) in [5.74, 6) is 0.506. The number of likely N-dealkylation sites (N-methyl/N-ethyl adjacent to an activating group) is 1. The van der Waals surface area contributed by atoms with Crippen LogP contribution in [0.1, 0.15) is 12.8 Å². The van der Waals surface area contributed by atoms with E-state index in [0.29, 0.717) is 5.92 Å². The third-order valence-corrected chi connectivity index (χ3v) is 2.98. The highest BCUT2D eigenvalue weighted by Gasteiger charge is 2.29. The number of benzene rings is 1. The third kappa shape index (κ3) is 2.69. The lowest BCUT2D eigenvalue weighted by molar-refractivity contribution is 0.588. The Balaban J connectivity index is 1.94. The van der Waals surface area contributed by atoms with Crippen LogP contribution in [-0.4, -0.2) is 19.6 Å². The molecule has 0 aliphatic heterocycles. The minimum absolute atomic E-state index is 0.196. The molecular formula is C12H17FN2. The Hall–Kier alpha value is -1.09. The van der Waals surface area contributed by atoms with Gasteiger partial charge >= 0.3 is 0 Å². The van der Waals surface area contributed by atoms with Crippen molar-refractivity contribution in [1.29, 1.82) is 0 Å². The van der Waals surface area contributed by atoms with Crippen LogP contribution in [-0.2, 0) is 0 Å². The highest BCUT2D eigenvalue weighted by atomic mass is 19.1. The predicted molar refractivity (Wildman–Crippen MR) is 60.4 cm³/mol. The monoisotopic (exact) mass is 208 g/mol. The molecule has 2 rings (SSSR count). The molecule has 15 heavy (non-hydrogen) atoms. The van der Waals surface area contributed by atoms with Crippen LogP contribution in [0.2, 0.25) is 0 Å². The van der Waals surface area contributed by atoms with Gasteiger partial charge in [-0.05, 0) is 43.0 Å². The van der Waals surface area contributed by atoms with Crippen LogP contribution in [0.4, 0.5) is 10.1 Å². The minimum Gasteiger partial charge on any atom is -0.373 e. The normalized spacial score (nSPS) is 17.5. The van der Waals surface area contributed by atoms with Crippen molar-refractivity contribution >= 4 is 5.69 Å². The van der Waals surface area contributed by atoms with Gasteiger partial charge < -0.3 is 10.6 Å². The molecule has 0 radical (unpaired) electrons. The summed E-state index contributed by atoms with van der Waals surface area (Å²) in [5.41, 5.74) is 7.05. The molecule has 3 heteroatoms. The van der Waals surface area contributed by atoms with Crippen LogP contribution in [0, 0.1) is 11.7 Å². The molecule has 1 aliphatic carbocycles. The van der Waals surface area contributed by atoms with Gasteiger partial charge in [0.15, 0.2) is 0 Å². The zero-order valence-electron chi connectivity index (χ0n) is 8.99. The van der Waals surface area contributed by atoms with Gasteiger partial charge in [0.1, 0.15) is 5.82 Å². The summed E-state index contributed by atoms with van der Waals surface area (Å²) in [4.78, 5) is 2.09. The smallest absolute Gasteiger partial charge is 0.123 e. The van der Waals surface area contributed by atoms with Gasteiger partial charge in [-0.2, -0.15) is 0 Å². The van der Waals surface area contributed by atoms with Crippen molar-refractivity contribution in [3.63, 3.8) is 0 Å². The summed E-state index contributed by atoms with van der Waals surface area (Å²) >= 11 is 0. The second-order valence-electron chi connectivity index (χ2n) is 4.36. The quantitative estimate of drug-likeness (QED) is 0.820. The molecule has 0 spiro atoms. The second kappa shape index (κ2) is 4.19. The standard InChI is InChI=1S/C12H17FN2/c1-15(8-12(14)9-2-3-9)11-6-4-10(13)5-7-11/h4-7,9,12H,2-3,8,14H2,1H3. The van der Waals surface area contributed by atoms with E-state index in [-0.39, 0.29) is 11.9 Å². The summed E-state index contributed by atoms with van der Waals surface area (Å²) in [6, 6.07) is 6.78. The van der Waals surface area contributed by atoms with E-state index in [1.165, 1.54) is 25.0 Å². The zero-order valence-corrected chi connectivity index (χ0v) is 8.99. The van der Waals surface area contributed by atoms with Gasteiger partial charge in [0.25, 0.3) is 0 Å². The number of hydrogen-bond donors (Lipinski definition) is 1. The molecule has 2 nitrogen and oxygen atoms in total. The van der Waals surface area contributed by atoms with Crippen molar-refractivity contribution in [2.75, 3.05) is 18.5 Å². The lowest BCUT2D eigenvalue weighted by Crippen LogP contribution is -2.36. The number of anilines is 1. The highest BCUT2D eigenvalue weighted by Crippen LogP contribution is 2.32. The van der Waals surface area contributed by atoms with Gasteiger partial charge in [-0.15, -0.1) is 0 Å². The maximum atomic E-state index is 12.7. The molecule has 0 aromatic heterocycles. The Morgan fingerprint density at radius 2 is 2.00 bits per heavy atom. The third-order valence-electron chi connectivity index (χ3n) is 2.98. The fourth-order valence-corrected chi connectivity index (χ4v) is 1.79. The van der Waals surface area contributed by atoms with E-state index in [9.17, 15) is 4.39 Å². The SMILES string of the molecule is CN(CC(N)C1CC1)c1ccc(F)cc1. The topological polar surface area (TPSA) is 29.3 Å². The Morgan fingerprint density at radius 1 is 1.40 bits per heavy atom. The van der Waals surface area contributed by atoms with E-state index >= 15 is 0 Å². The molecule has 0 heterocycles. The van der Waals surface area contributed by atoms with Crippen molar-refractivity contribution in [1.82, 2.24) is 0 Å². The first-order valence-corrected chi connectivity index (χ1v) is 5.39. The van der Waals surface area contributed by atoms with Crippen LogP contribution >= 0.6 is 0 Å². The molecule has 1 aliphatic rings. The fraction of sp³-hybridized carbons (Fsp3) is 0.500. The molecule has 82 valence electrons. The maximum absolute atomic E-state index is 12.7. The zero-order chi connectivity index (χ0) is 10.8. The summed E-state index contributed by atoms with van der Waals surface area (Å²) in [6.45, 7) is 0.844. The molecule has 1 aromatic carbocycles. The Morgan fingerprint density at radius 3 is 2.53 bits per heavy atom. The van der Waals surface area contributed by atoms with Crippen LogP contribution in [0.25, 0.3) is 0 Å². The Labute approximate surface area is 89.9 Å². The van der Waals surface area contributed by atoms with Crippen molar-refractivity contribution < 1.29 is 4.39 Å². The summed E-state index contributed by atoms with van der Waals surface area (Å²) in [5, 5.41) is 0. The Kier molecular flexibility index (Phi) is 2.91. The van der Waals surface area contributed by atoms with Gasteiger partial charge in [0.05, 0.1) is 0 Å². The molecule has 0 saturated heterocycles. The number of hydrogen-bond acceptors (Lipinski definition) is 2. The fourth-order valence-electron chi connectivity index (χ4n) is 1.79. The summed E-state index contributed by atoms with van der Waals surface area (Å²) in [6.07, 6.45) is 2.52. The van der Waals surface area contributed by atoms with E-state index in [1.807, 2.05) is 7.05 Å². The molecule has 1 aromatic rings. The average molecular weight is 208 g/mol. The van der Waals surface area contributed by atoms with E-state index in [1.54, 1.807) is 12.1 Å². The van der Waals surface area contributed by atoms with Crippen molar-refractivity contribution in [3.8, 4) is 0 Å². The second-order valence-corrected chi connectivity index (χ2v) is 4.36. The predicted octanol–water partition coefficient (Wildman–Crippen LogP) is 2.00. The van der Waals surface area contributed by atoms with Crippen molar-refractivity contribution in [3.05, 3.63) is 30.1 Å². The first-order chi connectivity index (χ1) is 7.16. The van der Waals surface area contributed by atoms with Crippen LogP contribution in [0.5, 0.6) is 0 Å².